The van der Waals surface area contributed by atoms with Gasteiger partial charge in [-0.3, -0.25) is 9.69 Å². The van der Waals surface area contributed by atoms with E-state index in [-0.39, 0.29) is 30.7 Å². The average molecular weight is 354 g/mol. The zero-order valence-electron chi connectivity index (χ0n) is 14.0. The minimum Gasteiger partial charge on any atom is -0.355 e. The molecule has 2 aliphatic rings. The molecule has 2 saturated heterocycles. The van der Waals surface area contributed by atoms with Crippen LogP contribution in [-0.4, -0.2) is 49.6 Å². The predicted octanol–water partition coefficient (Wildman–Crippen LogP) is 2.46. The molecule has 2 rings (SSSR count). The van der Waals surface area contributed by atoms with Crippen molar-refractivity contribution in [3.8, 4) is 0 Å². The molecular formula is C16H33Cl2N3O. The van der Waals surface area contributed by atoms with Gasteiger partial charge in [-0.2, -0.15) is 0 Å². The molecule has 1 amide bonds. The van der Waals surface area contributed by atoms with Gasteiger partial charge in [0.2, 0.25) is 5.91 Å². The van der Waals surface area contributed by atoms with Crippen LogP contribution in [0.15, 0.2) is 0 Å². The Balaban J connectivity index is 0.00000220. The molecule has 0 aliphatic carbocycles. The Labute approximate surface area is 148 Å². The molecular weight excluding hydrogens is 321 g/mol. The molecule has 3 unspecified atom stereocenters. The average Bonchev–Trinajstić information content (AvgIpc) is 2.95. The molecule has 2 N–H and O–H groups in total. The van der Waals surface area contributed by atoms with Gasteiger partial charge in [0.25, 0.3) is 0 Å². The number of carbonyl (C=O) groups is 1. The number of carbonyl (C=O) groups excluding carboxylic acids is 1. The summed E-state index contributed by atoms with van der Waals surface area (Å²) in [5, 5.41) is 6.47. The summed E-state index contributed by atoms with van der Waals surface area (Å²) in [7, 11) is 0. The zero-order valence-corrected chi connectivity index (χ0v) is 15.6. The summed E-state index contributed by atoms with van der Waals surface area (Å²) in [6, 6.07) is 0.467. The van der Waals surface area contributed by atoms with Crippen molar-refractivity contribution >= 4 is 30.7 Å². The van der Waals surface area contributed by atoms with Gasteiger partial charge in [-0.25, -0.2) is 0 Å². The van der Waals surface area contributed by atoms with Crippen LogP contribution in [-0.2, 0) is 4.79 Å². The number of likely N-dealkylation sites (tertiary alicyclic amines) is 1. The van der Waals surface area contributed by atoms with Gasteiger partial charge in [0.15, 0.2) is 0 Å². The third-order valence-electron chi connectivity index (χ3n) is 4.85. The van der Waals surface area contributed by atoms with E-state index in [1.165, 1.54) is 32.4 Å². The lowest BCUT2D eigenvalue weighted by Crippen LogP contribution is -2.46. The van der Waals surface area contributed by atoms with Gasteiger partial charge in [0.05, 0.1) is 0 Å². The lowest BCUT2D eigenvalue weighted by atomic mass is 9.99. The Morgan fingerprint density at radius 2 is 2.14 bits per heavy atom. The second kappa shape index (κ2) is 11.5. The Morgan fingerprint density at radius 1 is 1.36 bits per heavy atom. The van der Waals surface area contributed by atoms with Gasteiger partial charge in [0, 0.05) is 25.6 Å². The maximum atomic E-state index is 11.9. The van der Waals surface area contributed by atoms with Crippen LogP contribution in [0.2, 0.25) is 0 Å². The number of nitrogens with zero attached hydrogens (tertiary/aromatic N) is 1. The van der Waals surface area contributed by atoms with Gasteiger partial charge in [-0.1, -0.05) is 6.92 Å². The quantitative estimate of drug-likeness (QED) is 0.770. The molecule has 0 aromatic heterocycles. The van der Waals surface area contributed by atoms with Crippen molar-refractivity contribution in [1.29, 1.82) is 0 Å². The van der Waals surface area contributed by atoms with Crippen molar-refractivity contribution in [3.05, 3.63) is 0 Å². The highest BCUT2D eigenvalue weighted by Crippen LogP contribution is 2.17. The summed E-state index contributed by atoms with van der Waals surface area (Å²) in [6.45, 7) is 9.95. The number of nitrogens with one attached hydrogen (secondary N) is 2. The van der Waals surface area contributed by atoms with Crippen molar-refractivity contribution in [1.82, 2.24) is 15.5 Å². The Bertz CT molecular complexity index is 312. The molecule has 0 saturated carbocycles. The Kier molecular flexibility index (Phi) is 11.5. The Hall–Kier alpha value is -0.0300. The summed E-state index contributed by atoms with van der Waals surface area (Å²) in [5.74, 6) is 1.74. The maximum Gasteiger partial charge on any atom is 0.220 e. The third-order valence-corrected chi connectivity index (χ3v) is 4.85. The SMILES string of the molecule is CC1CCCN(C(C)CNC(=O)CCC2CCNC2)C1.Cl.Cl. The van der Waals surface area contributed by atoms with Crippen LogP contribution in [0.1, 0.15) is 46.0 Å². The molecule has 4 nitrogen and oxygen atoms in total. The van der Waals surface area contributed by atoms with Crippen LogP contribution < -0.4 is 10.6 Å². The molecule has 22 heavy (non-hydrogen) atoms. The van der Waals surface area contributed by atoms with Crippen molar-refractivity contribution in [2.75, 3.05) is 32.7 Å². The second-order valence-corrected chi connectivity index (χ2v) is 6.79. The Morgan fingerprint density at radius 3 is 2.77 bits per heavy atom. The maximum absolute atomic E-state index is 11.9. The molecule has 6 heteroatoms. The molecule has 0 aromatic carbocycles. The lowest BCUT2D eigenvalue weighted by Gasteiger charge is -2.35. The van der Waals surface area contributed by atoms with E-state index >= 15 is 0 Å². The van der Waals surface area contributed by atoms with E-state index in [0.717, 1.165) is 32.0 Å². The summed E-state index contributed by atoms with van der Waals surface area (Å²) in [4.78, 5) is 14.4. The minimum absolute atomic E-state index is 0. The molecule has 2 fully saturated rings. The van der Waals surface area contributed by atoms with E-state index in [4.69, 9.17) is 0 Å². The molecule has 2 aliphatic heterocycles. The van der Waals surface area contributed by atoms with Crippen molar-refractivity contribution < 1.29 is 4.79 Å². The van der Waals surface area contributed by atoms with Crippen LogP contribution >= 0.6 is 24.8 Å². The summed E-state index contributed by atoms with van der Waals surface area (Å²) in [6.07, 6.45) is 5.61. The van der Waals surface area contributed by atoms with E-state index in [2.05, 4.69) is 29.4 Å². The lowest BCUT2D eigenvalue weighted by molar-refractivity contribution is -0.121. The first-order valence-corrected chi connectivity index (χ1v) is 8.36. The smallest absolute Gasteiger partial charge is 0.220 e. The van der Waals surface area contributed by atoms with Crippen molar-refractivity contribution in [2.24, 2.45) is 11.8 Å². The predicted molar refractivity (Wildman–Crippen MR) is 97.1 cm³/mol. The van der Waals surface area contributed by atoms with Gasteiger partial charge < -0.3 is 10.6 Å². The third kappa shape index (κ3) is 7.49. The van der Waals surface area contributed by atoms with E-state index in [9.17, 15) is 4.79 Å². The number of rotatable bonds is 6. The number of hydrogen-bond donors (Lipinski definition) is 2. The molecule has 0 radical (unpaired) electrons. The van der Waals surface area contributed by atoms with Crippen LogP contribution in [0.5, 0.6) is 0 Å². The monoisotopic (exact) mass is 353 g/mol. The van der Waals surface area contributed by atoms with E-state index < -0.39 is 0 Å². The van der Waals surface area contributed by atoms with Crippen LogP contribution in [0, 0.1) is 11.8 Å². The van der Waals surface area contributed by atoms with Crippen LogP contribution in [0.3, 0.4) is 0 Å². The fourth-order valence-corrected chi connectivity index (χ4v) is 3.40. The molecule has 0 bridgehead atoms. The fraction of sp³-hybridized carbons (Fsp3) is 0.938. The fourth-order valence-electron chi connectivity index (χ4n) is 3.40. The van der Waals surface area contributed by atoms with E-state index in [1.54, 1.807) is 0 Å². The molecule has 3 atom stereocenters. The number of amides is 1. The van der Waals surface area contributed by atoms with Gasteiger partial charge in [-0.15, -0.1) is 24.8 Å². The highest BCUT2D eigenvalue weighted by atomic mass is 35.5. The summed E-state index contributed by atoms with van der Waals surface area (Å²) >= 11 is 0. The molecule has 0 aromatic rings. The van der Waals surface area contributed by atoms with Gasteiger partial charge in [-0.05, 0) is 64.1 Å². The topological polar surface area (TPSA) is 44.4 Å². The first kappa shape index (κ1) is 22.0. The van der Waals surface area contributed by atoms with Crippen LogP contribution in [0.25, 0.3) is 0 Å². The van der Waals surface area contributed by atoms with Gasteiger partial charge in [0.1, 0.15) is 0 Å². The summed E-state index contributed by atoms with van der Waals surface area (Å²) in [5.41, 5.74) is 0. The van der Waals surface area contributed by atoms with Gasteiger partial charge >= 0.3 is 0 Å². The first-order valence-electron chi connectivity index (χ1n) is 8.36. The standard InChI is InChI=1S/C16H31N3O.2ClH/c1-13-4-3-9-19(12-13)14(2)10-18-16(20)6-5-15-7-8-17-11-15;;/h13-15,17H,3-12H2,1-2H3,(H,18,20);2*1H. The number of piperidine rings is 1. The largest absolute Gasteiger partial charge is 0.355 e. The highest BCUT2D eigenvalue weighted by molar-refractivity contribution is 5.85. The van der Waals surface area contributed by atoms with E-state index in [0.29, 0.717) is 18.4 Å². The second-order valence-electron chi connectivity index (χ2n) is 6.79. The van der Waals surface area contributed by atoms with Crippen molar-refractivity contribution in [3.63, 3.8) is 0 Å². The first-order chi connectivity index (χ1) is 9.65. The normalized spacial score (nSPS) is 26.6. The van der Waals surface area contributed by atoms with Crippen molar-refractivity contribution in [2.45, 2.75) is 52.0 Å². The molecule has 2 heterocycles. The zero-order chi connectivity index (χ0) is 14.4. The number of halogens is 2. The van der Waals surface area contributed by atoms with E-state index in [1.807, 2.05) is 0 Å². The highest BCUT2D eigenvalue weighted by Gasteiger charge is 2.21. The summed E-state index contributed by atoms with van der Waals surface area (Å²) < 4.78 is 0. The molecule has 0 spiro atoms. The van der Waals surface area contributed by atoms with Crippen LogP contribution in [0.4, 0.5) is 0 Å². The molecule has 132 valence electrons. The minimum atomic E-state index is 0. The number of hydrogen-bond acceptors (Lipinski definition) is 3.